The number of hydrogen-bond acceptors (Lipinski definition) is 4. The first-order valence-corrected chi connectivity index (χ1v) is 7.86. The zero-order chi connectivity index (χ0) is 13.7. The van der Waals surface area contributed by atoms with Crippen molar-refractivity contribution in [2.45, 2.75) is 41.0 Å². The summed E-state index contributed by atoms with van der Waals surface area (Å²) in [6.07, 6.45) is 0.667. The second kappa shape index (κ2) is 12.0. The monoisotopic (exact) mass is 262 g/mol. The molecule has 0 atom stereocenters. The lowest BCUT2D eigenvalue weighted by atomic mass is 10.4. The van der Waals surface area contributed by atoms with Crippen molar-refractivity contribution in [3.8, 4) is 0 Å². The Labute approximate surface area is 106 Å². The van der Waals surface area contributed by atoms with Crippen LogP contribution >= 0.6 is 0 Å². The summed E-state index contributed by atoms with van der Waals surface area (Å²) in [7, 11) is -2.51. The van der Waals surface area contributed by atoms with E-state index in [9.17, 15) is 4.79 Å². The summed E-state index contributed by atoms with van der Waals surface area (Å²) in [4.78, 5) is 9.81. The maximum absolute atomic E-state index is 9.81. The van der Waals surface area contributed by atoms with E-state index in [1.54, 1.807) is 12.6 Å². The summed E-state index contributed by atoms with van der Waals surface area (Å²) < 4.78 is 16.3. The van der Waals surface area contributed by atoms with Crippen molar-refractivity contribution in [1.82, 2.24) is 0 Å². The summed E-state index contributed by atoms with van der Waals surface area (Å²) in [5.74, 6) is 0.255. The minimum atomic E-state index is -2.51. The molecule has 4 nitrogen and oxygen atoms in total. The summed E-state index contributed by atoms with van der Waals surface area (Å²) in [5.41, 5.74) is 1.67. The highest BCUT2D eigenvalue weighted by molar-refractivity contribution is 6.66. The third-order valence-corrected chi connectivity index (χ3v) is 4.36. The van der Waals surface area contributed by atoms with E-state index in [0.717, 1.165) is 0 Å². The number of hydrogen-bond donors (Lipinski definition) is 0. The van der Waals surface area contributed by atoms with E-state index in [0.29, 0.717) is 26.2 Å². The van der Waals surface area contributed by atoms with Gasteiger partial charge in [0.05, 0.1) is 0 Å². The van der Waals surface area contributed by atoms with Crippen molar-refractivity contribution in [2.75, 3.05) is 19.8 Å². The fraction of sp³-hybridized carbons (Fsp3) is 0.750. The van der Waals surface area contributed by atoms with Crippen LogP contribution in [0.4, 0.5) is 0 Å². The molecule has 5 heteroatoms. The molecule has 0 aromatic heterocycles. The molecule has 0 spiro atoms. The first-order chi connectivity index (χ1) is 8.01. The van der Waals surface area contributed by atoms with Gasteiger partial charge in [-0.2, -0.15) is 0 Å². The molecule has 0 heterocycles. The second-order valence-electron chi connectivity index (χ2n) is 3.16. The standard InChI is InChI=1S/C8H18O3Si.C4H8O/c1-5-9-12(8-4,10-6-2)11-7-3;1-3-4(2)5/h8H,4-7H2,1-3H3;3H2,1-2H3. The predicted octanol–water partition coefficient (Wildman–Crippen LogP) is 2.75. The van der Waals surface area contributed by atoms with Gasteiger partial charge in [-0.25, -0.2) is 0 Å². The molecule has 0 unspecified atom stereocenters. The molecule has 0 aliphatic rings. The maximum Gasteiger partial charge on any atom is 0.528 e. The van der Waals surface area contributed by atoms with Crippen molar-refractivity contribution < 1.29 is 18.1 Å². The van der Waals surface area contributed by atoms with E-state index in [1.165, 1.54) is 0 Å². The van der Waals surface area contributed by atoms with Crippen molar-refractivity contribution in [1.29, 1.82) is 0 Å². The Bertz CT molecular complexity index is 190. The first kappa shape index (κ1) is 18.9. The topological polar surface area (TPSA) is 44.8 Å². The van der Waals surface area contributed by atoms with E-state index in [-0.39, 0.29) is 5.78 Å². The van der Waals surface area contributed by atoms with Crippen LogP contribution < -0.4 is 0 Å². The molecule has 0 aliphatic carbocycles. The molecule has 0 saturated carbocycles. The minimum absolute atomic E-state index is 0.255. The fourth-order valence-electron chi connectivity index (χ4n) is 0.905. The molecule has 0 aliphatic heterocycles. The first-order valence-electron chi connectivity index (χ1n) is 6.06. The number of Topliss-reactive ketones (excluding diaryl/α,β-unsaturated/α-hetero) is 1. The maximum atomic E-state index is 9.81. The van der Waals surface area contributed by atoms with Gasteiger partial charge in [0.15, 0.2) is 0 Å². The van der Waals surface area contributed by atoms with Gasteiger partial charge in [0.1, 0.15) is 5.78 Å². The zero-order valence-electron chi connectivity index (χ0n) is 11.7. The van der Waals surface area contributed by atoms with Gasteiger partial charge in [-0.3, -0.25) is 0 Å². The molecule has 0 N–H and O–H groups in total. The van der Waals surface area contributed by atoms with Crippen LogP contribution in [0.25, 0.3) is 0 Å². The van der Waals surface area contributed by atoms with Crippen molar-refractivity contribution >= 4 is 14.6 Å². The second-order valence-corrected chi connectivity index (χ2v) is 5.64. The van der Waals surface area contributed by atoms with Crippen molar-refractivity contribution in [3.63, 3.8) is 0 Å². The van der Waals surface area contributed by atoms with Crippen LogP contribution in [0.1, 0.15) is 41.0 Å². The van der Waals surface area contributed by atoms with Crippen LogP contribution in [0, 0.1) is 0 Å². The highest BCUT2D eigenvalue weighted by atomic mass is 28.4. The van der Waals surface area contributed by atoms with Gasteiger partial charge >= 0.3 is 8.80 Å². The van der Waals surface area contributed by atoms with Gasteiger partial charge in [-0.15, -0.1) is 0 Å². The quantitative estimate of drug-likeness (QED) is 0.631. The summed E-state index contributed by atoms with van der Waals surface area (Å²) in [6, 6.07) is 0. The van der Waals surface area contributed by atoms with E-state index >= 15 is 0 Å². The molecule has 0 saturated heterocycles. The number of carbonyl (C=O) groups excluding carboxylic acids is 1. The molecule has 102 valence electrons. The Morgan fingerprint density at radius 1 is 1.06 bits per heavy atom. The van der Waals surface area contributed by atoms with Gasteiger partial charge < -0.3 is 18.1 Å². The molecular weight excluding hydrogens is 236 g/mol. The lowest BCUT2D eigenvalue weighted by Crippen LogP contribution is -2.44. The lowest BCUT2D eigenvalue weighted by Gasteiger charge is -2.24. The Morgan fingerprint density at radius 2 is 1.35 bits per heavy atom. The van der Waals surface area contributed by atoms with Gasteiger partial charge in [-0.1, -0.05) is 13.5 Å². The molecule has 0 amide bonds. The third kappa shape index (κ3) is 10.4. The molecule has 0 aromatic rings. The fourth-order valence-corrected chi connectivity index (χ4v) is 2.72. The Balaban J connectivity index is 0. The predicted molar refractivity (Wildman–Crippen MR) is 71.8 cm³/mol. The highest BCUT2D eigenvalue weighted by Gasteiger charge is 2.36. The average molecular weight is 262 g/mol. The SMILES string of the molecule is C=C[Si](OCC)(OCC)OCC.CCC(C)=O. The molecule has 0 fully saturated rings. The lowest BCUT2D eigenvalue weighted by molar-refractivity contribution is -0.116. The normalized spacial score (nSPS) is 10.4. The summed E-state index contributed by atoms with van der Waals surface area (Å²) >= 11 is 0. The van der Waals surface area contributed by atoms with Crippen molar-refractivity contribution in [2.24, 2.45) is 0 Å². The molecular formula is C12H26O4Si. The zero-order valence-corrected chi connectivity index (χ0v) is 12.7. The third-order valence-electron chi connectivity index (χ3n) is 1.78. The largest absolute Gasteiger partial charge is 0.528 e. The van der Waals surface area contributed by atoms with Crippen LogP contribution in [-0.4, -0.2) is 34.4 Å². The summed E-state index contributed by atoms with van der Waals surface area (Å²) in [5, 5.41) is 0. The van der Waals surface area contributed by atoms with Crippen LogP contribution in [0.5, 0.6) is 0 Å². The van der Waals surface area contributed by atoms with Crippen molar-refractivity contribution in [3.05, 3.63) is 12.3 Å². The van der Waals surface area contributed by atoms with Crippen LogP contribution in [0.2, 0.25) is 0 Å². The van der Waals surface area contributed by atoms with Gasteiger partial charge in [0, 0.05) is 26.2 Å². The smallest absolute Gasteiger partial charge is 0.371 e. The van der Waals surface area contributed by atoms with Crippen LogP contribution in [-0.2, 0) is 18.1 Å². The molecule has 17 heavy (non-hydrogen) atoms. The van der Waals surface area contributed by atoms with Gasteiger partial charge in [-0.05, 0) is 33.4 Å². The number of carbonyl (C=O) groups is 1. The molecule has 0 aromatic carbocycles. The van der Waals surface area contributed by atoms with Gasteiger partial charge in [0.25, 0.3) is 0 Å². The average Bonchev–Trinajstić information content (AvgIpc) is 2.30. The Morgan fingerprint density at radius 3 is 1.47 bits per heavy atom. The Hall–Kier alpha value is -0.493. The Kier molecular flexibility index (Phi) is 13.3. The van der Waals surface area contributed by atoms with E-state index in [4.69, 9.17) is 13.3 Å². The van der Waals surface area contributed by atoms with E-state index in [2.05, 4.69) is 6.58 Å². The molecule has 0 bridgehead atoms. The molecule has 0 radical (unpaired) electrons. The van der Waals surface area contributed by atoms with E-state index < -0.39 is 8.80 Å². The highest BCUT2D eigenvalue weighted by Crippen LogP contribution is 2.10. The minimum Gasteiger partial charge on any atom is -0.371 e. The summed E-state index contributed by atoms with van der Waals surface area (Å²) in [6.45, 7) is 14.7. The van der Waals surface area contributed by atoms with E-state index in [1.807, 2.05) is 27.7 Å². The molecule has 0 rings (SSSR count). The van der Waals surface area contributed by atoms with Gasteiger partial charge in [0.2, 0.25) is 0 Å². The van der Waals surface area contributed by atoms with Crippen LogP contribution in [0.15, 0.2) is 12.3 Å². The van der Waals surface area contributed by atoms with Crippen LogP contribution in [0.3, 0.4) is 0 Å². The number of ketones is 1. The number of rotatable bonds is 8.